The fourth-order valence-electron chi connectivity index (χ4n) is 2.61. The van der Waals surface area contributed by atoms with Crippen LogP contribution < -0.4 is 5.63 Å². The van der Waals surface area contributed by atoms with Crippen LogP contribution in [0.25, 0.3) is 11.0 Å². The molecule has 0 amide bonds. The van der Waals surface area contributed by atoms with Crippen molar-refractivity contribution in [1.82, 2.24) is 5.16 Å². The average molecular weight is 329 g/mol. The number of fused-ring (bicyclic) bond motifs is 1. The van der Waals surface area contributed by atoms with Gasteiger partial charge < -0.3 is 8.94 Å². The van der Waals surface area contributed by atoms with Gasteiger partial charge in [-0.1, -0.05) is 17.3 Å². The Morgan fingerprint density at radius 1 is 1.13 bits per heavy atom. The Kier molecular flexibility index (Phi) is 4.31. The average Bonchev–Trinajstić information content (AvgIpc) is 2.83. The maximum absolute atomic E-state index is 11.9. The van der Waals surface area contributed by atoms with E-state index in [0.717, 1.165) is 50.6 Å². The van der Waals surface area contributed by atoms with Crippen molar-refractivity contribution in [2.45, 2.75) is 39.2 Å². The summed E-state index contributed by atoms with van der Waals surface area (Å²) in [5.74, 6) is 2.42. The van der Waals surface area contributed by atoms with Crippen molar-refractivity contribution in [2.75, 3.05) is 0 Å². The zero-order chi connectivity index (χ0) is 16.6. The lowest BCUT2D eigenvalue weighted by molar-refractivity contribution is 0.392. The molecule has 5 heteroatoms. The quantitative estimate of drug-likeness (QED) is 0.662. The maximum atomic E-state index is 11.9. The molecule has 0 spiro atoms. The smallest absolute Gasteiger partial charge is 0.336 e. The minimum absolute atomic E-state index is 0.292. The molecule has 0 N–H and O–H groups in total. The molecule has 120 valence electrons. The van der Waals surface area contributed by atoms with Crippen molar-refractivity contribution in [3.05, 3.63) is 62.3 Å². The number of aryl methyl sites for hydroxylation is 4. The lowest BCUT2D eigenvalue weighted by atomic mass is 10.0. The van der Waals surface area contributed by atoms with Crippen molar-refractivity contribution in [2.24, 2.45) is 0 Å². The summed E-state index contributed by atoms with van der Waals surface area (Å²) in [6.45, 7) is 7.88. The van der Waals surface area contributed by atoms with Crippen LogP contribution in [0.3, 0.4) is 0 Å². The van der Waals surface area contributed by atoms with Crippen LogP contribution in [-0.4, -0.2) is 5.16 Å². The third-order valence-corrected chi connectivity index (χ3v) is 5.21. The summed E-state index contributed by atoms with van der Waals surface area (Å²) in [5.41, 5.74) is 5.63. The Bertz CT molecular complexity index is 904. The molecule has 23 heavy (non-hydrogen) atoms. The molecular weight excluding hydrogens is 310 g/mol. The molecular formula is C18H19NO3S. The second kappa shape index (κ2) is 6.24. The number of hydrogen-bond acceptors (Lipinski definition) is 5. The summed E-state index contributed by atoms with van der Waals surface area (Å²) in [6, 6.07) is 5.70. The Balaban J connectivity index is 1.88. The molecule has 3 aromatic rings. The molecule has 0 atom stereocenters. The van der Waals surface area contributed by atoms with Crippen molar-refractivity contribution >= 4 is 22.7 Å². The molecule has 0 bridgehead atoms. The van der Waals surface area contributed by atoms with E-state index in [1.54, 1.807) is 17.8 Å². The topological polar surface area (TPSA) is 56.2 Å². The molecule has 0 saturated carbocycles. The summed E-state index contributed by atoms with van der Waals surface area (Å²) < 4.78 is 10.6. The van der Waals surface area contributed by atoms with Crippen LogP contribution in [0.4, 0.5) is 0 Å². The van der Waals surface area contributed by atoms with E-state index in [0.29, 0.717) is 5.58 Å². The summed E-state index contributed by atoms with van der Waals surface area (Å²) in [4.78, 5) is 11.9. The van der Waals surface area contributed by atoms with Gasteiger partial charge in [0.25, 0.3) is 0 Å². The van der Waals surface area contributed by atoms with Gasteiger partial charge in [-0.15, -0.1) is 0 Å². The number of thioether (sulfide) groups is 1. The van der Waals surface area contributed by atoms with E-state index in [1.807, 2.05) is 33.8 Å². The predicted molar refractivity (Wildman–Crippen MR) is 92.9 cm³/mol. The van der Waals surface area contributed by atoms with Gasteiger partial charge in [-0.25, -0.2) is 4.79 Å². The normalized spacial score (nSPS) is 11.3. The summed E-state index contributed by atoms with van der Waals surface area (Å²) in [5, 5.41) is 4.99. The maximum Gasteiger partial charge on any atom is 0.336 e. The van der Waals surface area contributed by atoms with Crippen molar-refractivity contribution in [3.63, 3.8) is 0 Å². The standard InChI is InChI=1S/C18H19NO3S/c1-10-5-6-15-14(7-17(20)21-18(15)11(10)2)8-23-9-16-12(3)19-22-13(16)4/h5-7H,8-9H2,1-4H3. The number of nitrogens with zero attached hydrogens (tertiary/aromatic N) is 1. The van der Waals surface area contributed by atoms with E-state index in [-0.39, 0.29) is 5.63 Å². The van der Waals surface area contributed by atoms with Gasteiger partial charge in [-0.2, -0.15) is 11.8 Å². The molecule has 3 rings (SSSR count). The minimum atomic E-state index is -0.292. The first-order valence-electron chi connectivity index (χ1n) is 7.50. The zero-order valence-electron chi connectivity index (χ0n) is 13.7. The molecule has 0 saturated heterocycles. The van der Waals surface area contributed by atoms with Crippen LogP contribution in [-0.2, 0) is 11.5 Å². The Labute approximate surface area is 138 Å². The van der Waals surface area contributed by atoms with Crippen LogP contribution in [0.15, 0.2) is 31.9 Å². The van der Waals surface area contributed by atoms with Crippen molar-refractivity contribution < 1.29 is 8.94 Å². The van der Waals surface area contributed by atoms with Gasteiger partial charge in [0.05, 0.1) is 5.69 Å². The molecule has 4 nitrogen and oxygen atoms in total. The van der Waals surface area contributed by atoms with E-state index < -0.39 is 0 Å². The Morgan fingerprint density at radius 3 is 2.61 bits per heavy atom. The fourth-order valence-corrected chi connectivity index (χ4v) is 3.79. The number of hydrogen-bond donors (Lipinski definition) is 0. The van der Waals surface area contributed by atoms with Gasteiger partial charge in [-0.3, -0.25) is 0 Å². The Hall–Kier alpha value is -2.01. The van der Waals surface area contributed by atoms with Gasteiger partial charge in [0, 0.05) is 28.5 Å². The van der Waals surface area contributed by atoms with Crippen molar-refractivity contribution in [1.29, 1.82) is 0 Å². The first-order chi connectivity index (χ1) is 11.0. The van der Waals surface area contributed by atoms with Gasteiger partial charge in [0.1, 0.15) is 11.3 Å². The van der Waals surface area contributed by atoms with Crippen molar-refractivity contribution in [3.8, 4) is 0 Å². The molecule has 0 unspecified atom stereocenters. The van der Waals surface area contributed by atoms with E-state index in [2.05, 4.69) is 11.2 Å². The highest BCUT2D eigenvalue weighted by Gasteiger charge is 2.12. The Morgan fingerprint density at radius 2 is 1.91 bits per heavy atom. The third-order valence-electron chi connectivity index (χ3n) is 4.20. The van der Waals surface area contributed by atoms with E-state index in [1.165, 1.54) is 0 Å². The second-order valence-electron chi connectivity index (χ2n) is 5.77. The number of benzene rings is 1. The largest absolute Gasteiger partial charge is 0.422 e. The first kappa shape index (κ1) is 15.9. The van der Waals surface area contributed by atoms with Crippen LogP contribution in [0.1, 0.15) is 33.7 Å². The molecule has 0 fully saturated rings. The summed E-state index contributed by atoms with van der Waals surface area (Å²) >= 11 is 1.75. The zero-order valence-corrected chi connectivity index (χ0v) is 14.5. The molecule has 2 aromatic heterocycles. The second-order valence-corrected chi connectivity index (χ2v) is 6.76. The SMILES string of the molecule is Cc1ccc2c(CSCc3c(C)noc3C)cc(=O)oc2c1C. The number of rotatable bonds is 4. The van der Waals surface area contributed by atoms with E-state index >= 15 is 0 Å². The highest BCUT2D eigenvalue weighted by atomic mass is 32.2. The molecule has 0 aliphatic heterocycles. The summed E-state index contributed by atoms with van der Waals surface area (Å²) in [7, 11) is 0. The molecule has 0 aliphatic carbocycles. The van der Waals surface area contributed by atoms with Gasteiger partial charge in [-0.05, 0) is 44.4 Å². The van der Waals surface area contributed by atoms with Crippen LogP contribution >= 0.6 is 11.8 Å². The molecule has 0 aliphatic rings. The van der Waals surface area contributed by atoms with E-state index in [9.17, 15) is 4.79 Å². The van der Waals surface area contributed by atoms with Gasteiger partial charge >= 0.3 is 5.63 Å². The molecule has 0 radical (unpaired) electrons. The summed E-state index contributed by atoms with van der Waals surface area (Å²) in [6.07, 6.45) is 0. The molecule has 1 aromatic carbocycles. The van der Waals surface area contributed by atoms with Gasteiger partial charge in [0.15, 0.2) is 0 Å². The molecule has 2 heterocycles. The van der Waals surface area contributed by atoms with E-state index in [4.69, 9.17) is 8.94 Å². The van der Waals surface area contributed by atoms with Crippen LogP contribution in [0.2, 0.25) is 0 Å². The van der Waals surface area contributed by atoms with Crippen LogP contribution in [0.5, 0.6) is 0 Å². The lowest BCUT2D eigenvalue weighted by Crippen LogP contribution is -2.01. The number of aromatic nitrogens is 1. The van der Waals surface area contributed by atoms with Gasteiger partial charge in [0.2, 0.25) is 0 Å². The predicted octanol–water partition coefficient (Wildman–Crippen LogP) is 4.45. The van der Waals surface area contributed by atoms with Crippen LogP contribution in [0, 0.1) is 27.7 Å². The first-order valence-corrected chi connectivity index (χ1v) is 8.65. The highest BCUT2D eigenvalue weighted by molar-refractivity contribution is 7.97. The fraction of sp³-hybridized carbons (Fsp3) is 0.333. The minimum Gasteiger partial charge on any atom is -0.422 e. The monoisotopic (exact) mass is 329 g/mol. The third kappa shape index (κ3) is 3.06. The highest BCUT2D eigenvalue weighted by Crippen LogP contribution is 2.28. The lowest BCUT2D eigenvalue weighted by Gasteiger charge is -2.09.